The third-order valence-corrected chi connectivity index (χ3v) is 6.06. The molecule has 2 aromatic carbocycles. The van der Waals surface area contributed by atoms with Gasteiger partial charge in [0.25, 0.3) is 0 Å². The van der Waals surface area contributed by atoms with Gasteiger partial charge in [-0.15, -0.1) is 0 Å². The summed E-state index contributed by atoms with van der Waals surface area (Å²) >= 11 is 3.23. The van der Waals surface area contributed by atoms with E-state index in [1.165, 1.54) is 6.07 Å². The summed E-state index contributed by atoms with van der Waals surface area (Å²) in [5.74, 6) is 0.173. The number of carbonyl (C=O) groups is 1. The van der Waals surface area contributed by atoms with Crippen molar-refractivity contribution >= 4 is 33.2 Å². The summed E-state index contributed by atoms with van der Waals surface area (Å²) < 4.78 is 20.8. The highest BCUT2D eigenvalue weighted by Crippen LogP contribution is 2.34. The molecular formula is C21H22BrFN2O4. The molecule has 3 N–H and O–H groups in total. The second-order valence-electron chi connectivity index (χ2n) is 7.53. The van der Waals surface area contributed by atoms with E-state index in [-0.39, 0.29) is 31.3 Å². The van der Waals surface area contributed by atoms with Crippen molar-refractivity contribution in [3.63, 3.8) is 0 Å². The van der Waals surface area contributed by atoms with Gasteiger partial charge in [-0.2, -0.15) is 0 Å². The van der Waals surface area contributed by atoms with E-state index in [1.54, 1.807) is 29.2 Å². The fraction of sp³-hybridized carbons (Fsp3) is 0.381. The number of nitrogens with one attached hydrogen (secondary N) is 1. The molecule has 8 heteroatoms. The van der Waals surface area contributed by atoms with Gasteiger partial charge in [-0.05, 0) is 43.2 Å². The number of anilines is 2. The number of ether oxygens (including phenoxy) is 1. The summed E-state index contributed by atoms with van der Waals surface area (Å²) in [7, 11) is 0. The molecule has 154 valence electrons. The van der Waals surface area contributed by atoms with Crippen molar-refractivity contribution in [2.45, 2.75) is 31.0 Å². The highest BCUT2D eigenvalue weighted by Gasteiger charge is 2.42. The lowest BCUT2D eigenvalue weighted by Gasteiger charge is -2.42. The highest BCUT2D eigenvalue weighted by atomic mass is 79.9. The number of benzene rings is 2. The number of aliphatic hydroxyl groups is 2. The molecule has 4 rings (SSSR count). The number of nitrogens with zero attached hydrogens (tertiary/aromatic N) is 1. The van der Waals surface area contributed by atoms with Crippen molar-refractivity contribution in [1.82, 2.24) is 0 Å². The van der Waals surface area contributed by atoms with Gasteiger partial charge in [0.05, 0.1) is 5.69 Å². The maximum absolute atomic E-state index is 14.2. The van der Waals surface area contributed by atoms with E-state index in [4.69, 9.17) is 4.74 Å². The molecule has 29 heavy (non-hydrogen) atoms. The maximum atomic E-state index is 14.2. The standard InChI is InChI=1S/C21H22BrFN2O4/c22-13-4-6-17(15(23)10-13)25-9-8-21(28,19(26)11-25)12-29-18-3-1-2-16-14(18)5-7-20(27)24-16/h1-4,6,10,19,26,28H,5,7-9,11-12H2,(H,24,27). The zero-order valence-corrected chi connectivity index (χ0v) is 17.3. The number of rotatable bonds is 4. The third kappa shape index (κ3) is 4.10. The SMILES string of the molecule is O=C1CCc2c(cccc2OCC2(O)CCN(c3ccc(Br)cc3F)CC2O)N1. The lowest BCUT2D eigenvalue weighted by molar-refractivity contribution is -0.116. The number of aliphatic hydroxyl groups excluding tert-OH is 1. The Morgan fingerprint density at radius 3 is 2.90 bits per heavy atom. The Balaban J connectivity index is 1.44. The molecular weight excluding hydrogens is 443 g/mol. The van der Waals surface area contributed by atoms with E-state index in [9.17, 15) is 19.4 Å². The van der Waals surface area contributed by atoms with Crippen LogP contribution >= 0.6 is 15.9 Å². The van der Waals surface area contributed by atoms with Crippen molar-refractivity contribution in [2.75, 3.05) is 29.9 Å². The minimum Gasteiger partial charge on any atom is -0.490 e. The van der Waals surface area contributed by atoms with E-state index in [0.29, 0.717) is 41.0 Å². The summed E-state index contributed by atoms with van der Waals surface area (Å²) in [6, 6.07) is 10.2. The van der Waals surface area contributed by atoms with Gasteiger partial charge in [-0.3, -0.25) is 4.79 Å². The van der Waals surface area contributed by atoms with Crippen molar-refractivity contribution in [1.29, 1.82) is 0 Å². The van der Waals surface area contributed by atoms with Crippen LogP contribution in [0.15, 0.2) is 40.9 Å². The van der Waals surface area contributed by atoms with Crippen LogP contribution in [0.1, 0.15) is 18.4 Å². The Morgan fingerprint density at radius 1 is 1.31 bits per heavy atom. The molecule has 2 unspecified atom stereocenters. The maximum Gasteiger partial charge on any atom is 0.224 e. The molecule has 1 fully saturated rings. The topological polar surface area (TPSA) is 82.0 Å². The minimum absolute atomic E-state index is 0.0313. The van der Waals surface area contributed by atoms with Crippen LogP contribution in [0.5, 0.6) is 5.75 Å². The quantitative estimate of drug-likeness (QED) is 0.647. The molecule has 0 radical (unpaired) electrons. The fourth-order valence-electron chi connectivity index (χ4n) is 3.82. The highest BCUT2D eigenvalue weighted by molar-refractivity contribution is 9.10. The molecule has 6 nitrogen and oxygen atoms in total. The van der Waals surface area contributed by atoms with Crippen LogP contribution in [0, 0.1) is 5.82 Å². The van der Waals surface area contributed by atoms with Crippen molar-refractivity contribution < 1.29 is 24.1 Å². The van der Waals surface area contributed by atoms with Crippen molar-refractivity contribution in [3.05, 3.63) is 52.3 Å². The number of β-amino-alcohol motifs (C(OH)–C–C–N with tert-alkyl or cyclic N) is 1. The van der Waals surface area contributed by atoms with E-state index in [2.05, 4.69) is 21.2 Å². The lowest BCUT2D eigenvalue weighted by Crippen LogP contribution is -2.58. The molecule has 0 bridgehead atoms. The van der Waals surface area contributed by atoms with Crippen LogP contribution < -0.4 is 15.0 Å². The molecule has 0 saturated carbocycles. The minimum atomic E-state index is -1.44. The summed E-state index contributed by atoms with van der Waals surface area (Å²) in [6.07, 6.45) is 0.0803. The third-order valence-electron chi connectivity index (χ3n) is 5.57. The van der Waals surface area contributed by atoms with Crippen molar-refractivity contribution in [2.24, 2.45) is 0 Å². The Hall–Kier alpha value is -2.16. The molecule has 2 atom stereocenters. The first-order valence-electron chi connectivity index (χ1n) is 9.51. The second-order valence-corrected chi connectivity index (χ2v) is 8.45. The van der Waals surface area contributed by atoms with Gasteiger partial charge in [0, 0.05) is 35.2 Å². The second kappa shape index (κ2) is 7.93. The Labute approximate surface area is 176 Å². The van der Waals surface area contributed by atoms with Crippen LogP contribution in [0.25, 0.3) is 0 Å². The Bertz CT molecular complexity index is 941. The summed E-state index contributed by atoms with van der Waals surface area (Å²) in [5, 5.41) is 24.4. The number of piperidine rings is 1. The van der Waals surface area contributed by atoms with Gasteiger partial charge in [0.15, 0.2) is 0 Å². The molecule has 0 aliphatic carbocycles. The Morgan fingerprint density at radius 2 is 2.14 bits per heavy atom. The zero-order chi connectivity index (χ0) is 20.6. The first kappa shape index (κ1) is 20.1. The van der Waals surface area contributed by atoms with Crippen LogP contribution in [0.3, 0.4) is 0 Å². The normalized spacial score (nSPS) is 24.1. The van der Waals surface area contributed by atoms with E-state index >= 15 is 0 Å². The van der Waals surface area contributed by atoms with Gasteiger partial charge >= 0.3 is 0 Å². The van der Waals surface area contributed by atoms with Crippen LogP contribution in [-0.2, 0) is 11.2 Å². The van der Waals surface area contributed by atoms with Crippen LogP contribution in [-0.4, -0.2) is 47.5 Å². The number of hydrogen-bond acceptors (Lipinski definition) is 5. The van der Waals surface area contributed by atoms with Crippen LogP contribution in [0.2, 0.25) is 0 Å². The first-order chi connectivity index (χ1) is 13.9. The lowest BCUT2D eigenvalue weighted by atomic mass is 9.89. The van der Waals surface area contributed by atoms with E-state index in [0.717, 1.165) is 5.56 Å². The molecule has 2 heterocycles. The first-order valence-corrected chi connectivity index (χ1v) is 10.3. The van der Waals surface area contributed by atoms with Crippen LogP contribution in [0.4, 0.5) is 15.8 Å². The number of halogens is 2. The number of amides is 1. The molecule has 2 aromatic rings. The summed E-state index contributed by atoms with van der Waals surface area (Å²) in [4.78, 5) is 13.3. The smallest absolute Gasteiger partial charge is 0.224 e. The van der Waals surface area contributed by atoms with Crippen molar-refractivity contribution in [3.8, 4) is 5.75 Å². The van der Waals surface area contributed by atoms with Gasteiger partial charge < -0.3 is 25.2 Å². The van der Waals surface area contributed by atoms with Gasteiger partial charge in [-0.25, -0.2) is 4.39 Å². The Kier molecular flexibility index (Phi) is 5.50. The summed E-state index contributed by atoms with van der Waals surface area (Å²) in [6.45, 7) is 0.398. The molecule has 2 aliphatic heterocycles. The molecule has 1 saturated heterocycles. The van der Waals surface area contributed by atoms with E-state index in [1.807, 2.05) is 6.07 Å². The van der Waals surface area contributed by atoms with E-state index < -0.39 is 11.7 Å². The predicted octanol–water partition coefficient (Wildman–Crippen LogP) is 2.85. The number of fused-ring (bicyclic) bond motifs is 1. The van der Waals surface area contributed by atoms with Gasteiger partial charge in [0.1, 0.15) is 29.9 Å². The average Bonchev–Trinajstić information content (AvgIpc) is 2.68. The largest absolute Gasteiger partial charge is 0.490 e. The molecule has 0 aromatic heterocycles. The molecule has 0 spiro atoms. The van der Waals surface area contributed by atoms with Gasteiger partial charge in [0.2, 0.25) is 5.91 Å². The number of hydrogen-bond donors (Lipinski definition) is 3. The molecule has 1 amide bonds. The monoisotopic (exact) mass is 464 g/mol. The molecule has 2 aliphatic rings. The summed E-state index contributed by atoms with van der Waals surface area (Å²) in [5.41, 5.74) is 0.553. The fourth-order valence-corrected chi connectivity index (χ4v) is 4.15. The average molecular weight is 465 g/mol. The number of carbonyl (C=O) groups excluding carboxylic acids is 1. The predicted molar refractivity (Wildman–Crippen MR) is 111 cm³/mol. The zero-order valence-electron chi connectivity index (χ0n) is 15.7. The van der Waals surface area contributed by atoms with Gasteiger partial charge in [-0.1, -0.05) is 22.0 Å².